The monoisotopic (exact) mass is 361 g/mol. The van der Waals surface area contributed by atoms with Crippen LogP contribution in [-0.4, -0.2) is 24.5 Å². The third-order valence-corrected chi connectivity index (χ3v) is 4.04. The Kier molecular flexibility index (Phi) is 4.25. The van der Waals surface area contributed by atoms with Crippen molar-refractivity contribution >= 4 is 34.9 Å². The minimum atomic E-state index is -0.336. The van der Waals surface area contributed by atoms with Gasteiger partial charge in [0, 0.05) is 18.6 Å². The first-order valence-corrected chi connectivity index (χ1v) is 8.19. The number of para-hydroxylation sites is 1. The lowest BCUT2D eigenvalue weighted by Gasteiger charge is -2.11. The summed E-state index contributed by atoms with van der Waals surface area (Å²) in [5.74, 6) is 0.391. The SMILES string of the molecule is O=c1c2nccnc2nc(C=Cc2ccccn2)n1-c1ccccc1Cl. The van der Waals surface area contributed by atoms with Crippen LogP contribution in [0.15, 0.2) is 65.8 Å². The van der Waals surface area contributed by atoms with E-state index in [0.29, 0.717) is 16.5 Å². The predicted molar refractivity (Wildman–Crippen MR) is 101 cm³/mol. The van der Waals surface area contributed by atoms with E-state index in [2.05, 4.69) is 19.9 Å². The van der Waals surface area contributed by atoms with Crippen molar-refractivity contribution in [2.75, 3.05) is 0 Å². The highest BCUT2D eigenvalue weighted by molar-refractivity contribution is 6.32. The summed E-state index contributed by atoms with van der Waals surface area (Å²) in [6, 6.07) is 12.7. The molecule has 4 aromatic rings. The van der Waals surface area contributed by atoms with Gasteiger partial charge < -0.3 is 0 Å². The molecule has 3 heterocycles. The highest BCUT2D eigenvalue weighted by atomic mass is 35.5. The Hall–Kier alpha value is -3.38. The van der Waals surface area contributed by atoms with Crippen LogP contribution in [0, 0.1) is 0 Å². The summed E-state index contributed by atoms with van der Waals surface area (Å²) in [4.78, 5) is 30.0. The molecular formula is C19H12ClN5O. The molecule has 0 saturated heterocycles. The first kappa shape index (κ1) is 16.1. The Morgan fingerprint density at radius 1 is 0.885 bits per heavy atom. The number of fused-ring (bicyclic) bond motifs is 1. The number of rotatable bonds is 3. The second-order valence-corrected chi connectivity index (χ2v) is 5.79. The van der Waals surface area contributed by atoms with Crippen molar-refractivity contribution < 1.29 is 0 Å². The molecule has 4 rings (SSSR count). The van der Waals surface area contributed by atoms with Crippen LogP contribution in [0.3, 0.4) is 0 Å². The number of pyridine rings is 1. The number of benzene rings is 1. The van der Waals surface area contributed by atoms with E-state index in [4.69, 9.17) is 11.6 Å². The third kappa shape index (κ3) is 2.98. The Morgan fingerprint density at radius 2 is 1.69 bits per heavy atom. The fourth-order valence-corrected chi connectivity index (χ4v) is 2.76. The van der Waals surface area contributed by atoms with E-state index >= 15 is 0 Å². The highest BCUT2D eigenvalue weighted by Crippen LogP contribution is 2.21. The zero-order valence-corrected chi connectivity index (χ0v) is 14.2. The first-order valence-electron chi connectivity index (χ1n) is 7.82. The third-order valence-electron chi connectivity index (χ3n) is 3.72. The molecule has 0 aliphatic carbocycles. The van der Waals surface area contributed by atoms with Gasteiger partial charge in [0.2, 0.25) is 0 Å². The Labute approximate surface area is 153 Å². The van der Waals surface area contributed by atoms with E-state index in [0.717, 1.165) is 5.69 Å². The van der Waals surface area contributed by atoms with Crippen LogP contribution < -0.4 is 5.56 Å². The summed E-state index contributed by atoms with van der Waals surface area (Å²) in [5.41, 5.74) is 1.40. The molecule has 0 aliphatic rings. The van der Waals surface area contributed by atoms with Crippen molar-refractivity contribution in [3.05, 3.63) is 87.9 Å². The van der Waals surface area contributed by atoms with Gasteiger partial charge in [0.15, 0.2) is 11.2 Å². The topological polar surface area (TPSA) is 73.6 Å². The fraction of sp³-hybridized carbons (Fsp3) is 0. The van der Waals surface area contributed by atoms with E-state index in [9.17, 15) is 4.79 Å². The average molecular weight is 362 g/mol. The minimum absolute atomic E-state index is 0.183. The number of hydrogen-bond donors (Lipinski definition) is 0. The van der Waals surface area contributed by atoms with Gasteiger partial charge in [-0.05, 0) is 36.4 Å². The molecule has 0 radical (unpaired) electrons. The van der Waals surface area contributed by atoms with Gasteiger partial charge in [0.25, 0.3) is 5.56 Å². The molecule has 1 aromatic carbocycles. The van der Waals surface area contributed by atoms with Crippen molar-refractivity contribution in [1.82, 2.24) is 24.5 Å². The maximum absolute atomic E-state index is 13.0. The Bertz CT molecular complexity index is 1170. The molecule has 0 bridgehead atoms. The number of aromatic nitrogens is 5. The van der Waals surface area contributed by atoms with Gasteiger partial charge in [-0.3, -0.25) is 14.3 Å². The van der Waals surface area contributed by atoms with E-state index in [-0.39, 0.29) is 16.7 Å². The molecule has 0 unspecified atom stereocenters. The van der Waals surface area contributed by atoms with Crippen LogP contribution in [0.25, 0.3) is 29.0 Å². The van der Waals surface area contributed by atoms with E-state index in [1.54, 1.807) is 42.6 Å². The van der Waals surface area contributed by atoms with Gasteiger partial charge in [-0.2, -0.15) is 0 Å². The molecule has 7 heteroatoms. The number of nitrogens with zero attached hydrogens (tertiary/aromatic N) is 5. The summed E-state index contributed by atoms with van der Waals surface area (Å²) >= 11 is 6.31. The summed E-state index contributed by atoms with van der Waals surface area (Å²) < 4.78 is 1.43. The molecule has 0 aliphatic heterocycles. The molecule has 0 N–H and O–H groups in total. The molecule has 3 aromatic heterocycles. The average Bonchev–Trinajstić information content (AvgIpc) is 2.68. The first-order chi connectivity index (χ1) is 12.7. The maximum atomic E-state index is 13.0. The van der Waals surface area contributed by atoms with Gasteiger partial charge in [-0.15, -0.1) is 0 Å². The number of hydrogen-bond acceptors (Lipinski definition) is 5. The molecule has 0 spiro atoms. The second kappa shape index (κ2) is 6.85. The lowest BCUT2D eigenvalue weighted by atomic mass is 10.2. The molecule has 0 atom stereocenters. The van der Waals surface area contributed by atoms with Gasteiger partial charge in [0.1, 0.15) is 5.82 Å². The summed E-state index contributed by atoms with van der Waals surface area (Å²) in [6.07, 6.45) is 8.14. The lowest BCUT2D eigenvalue weighted by Crippen LogP contribution is -2.23. The quantitative estimate of drug-likeness (QED) is 0.559. The molecule has 6 nitrogen and oxygen atoms in total. The lowest BCUT2D eigenvalue weighted by molar-refractivity contribution is 0.928. The summed E-state index contributed by atoms with van der Waals surface area (Å²) in [7, 11) is 0. The maximum Gasteiger partial charge on any atom is 0.286 e. The largest absolute Gasteiger partial charge is 0.286 e. The van der Waals surface area contributed by atoms with Crippen LogP contribution in [0.2, 0.25) is 5.02 Å². The molecular weight excluding hydrogens is 350 g/mol. The van der Waals surface area contributed by atoms with E-state index in [1.807, 2.05) is 18.2 Å². The van der Waals surface area contributed by atoms with Crippen LogP contribution in [0.5, 0.6) is 0 Å². The van der Waals surface area contributed by atoms with E-state index < -0.39 is 0 Å². The predicted octanol–water partition coefficient (Wildman–Crippen LogP) is 3.39. The molecule has 126 valence electrons. The van der Waals surface area contributed by atoms with Crippen molar-refractivity contribution in [1.29, 1.82) is 0 Å². The Morgan fingerprint density at radius 3 is 2.50 bits per heavy atom. The molecule has 0 amide bonds. The van der Waals surface area contributed by atoms with Crippen molar-refractivity contribution in [2.45, 2.75) is 0 Å². The molecule has 0 saturated carbocycles. The van der Waals surface area contributed by atoms with Crippen LogP contribution in [-0.2, 0) is 0 Å². The Balaban J connectivity index is 1.99. The standard InChI is InChI=1S/C19H12ClN5O/c20-14-6-1-2-7-15(14)25-16(9-8-13-5-3-4-10-21-13)24-18-17(19(25)26)22-11-12-23-18/h1-12H. The van der Waals surface area contributed by atoms with Crippen LogP contribution in [0.4, 0.5) is 0 Å². The van der Waals surface area contributed by atoms with Gasteiger partial charge >= 0.3 is 0 Å². The van der Waals surface area contributed by atoms with Crippen LogP contribution in [0.1, 0.15) is 11.5 Å². The van der Waals surface area contributed by atoms with E-state index in [1.165, 1.54) is 17.0 Å². The van der Waals surface area contributed by atoms with Gasteiger partial charge in [-0.25, -0.2) is 15.0 Å². The normalized spacial score (nSPS) is 11.3. The minimum Gasteiger partial charge on any atom is -0.266 e. The summed E-state index contributed by atoms with van der Waals surface area (Å²) in [6.45, 7) is 0. The fourth-order valence-electron chi connectivity index (χ4n) is 2.54. The van der Waals surface area contributed by atoms with Crippen molar-refractivity contribution in [3.63, 3.8) is 0 Å². The van der Waals surface area contributed by atoms with Crippen molar-refractivity contribution in [3.8, 4) is 5.69 Å². The van der Waals surface area contributed by atoms with Gasteiger partial charge in [0.05, 0.1) is 16.4 Å². The zero-order valence-electron chi connectivity index (χ0n) is 13.5. The van der Waals surface area contributed by atoms with Crippen molar-refractivity contribution in [2.24, 2.45) is 0 Å². The highest BCUT2D eigenvalue weighted by Gasteiger charge is 2.14. The van der Waals surface area contributed by atoms with Gasteiger partial charge in [-0.1, -0.05) is 29.8 Å². The second-order valence-electron chi connectivity index (χ2n) is 5.38. The van der Waals surface area contributed by atoms with Crippen LogP contribution >= 0.6 is 11.6 Å². The molecule has 26 heavy (non-hydrogen) atoms. The molecule has 0 fully saturated rings. The smallest absolute Gasteiger partial charge is 0.266 e. The zero-order chi connectivity index (χ0) is 17.9. The number of halogens is 1. The summed E-state index contributed by atoms with van der Waals surface area (Å²) in [5, 5.41) is 0.437.